The lowest BCUT2D eigenvalue weighted by atomic mass is 10.0. The third kappa shape index (κ3) is 7.14. The molecule has 1 aromatic heterocycles. The summed E-state index contributed by atoms with van der Waals surface area (Å²) >= 11 is 1.20. The number of allylic oxidation sites excluding steroid dienone is 1. The first-order valence-electron chi connectivity index (χ1n) is 7.93. The van der Waals surface area contributed by atoms with Crippen LogP contribution in [0, 0.1) is 0 Å². The molecule has 0 saturated heterocycles. The van der Waals surface area contributed by atoms with Crippen molar-refractivity contribution in [1.29, 1.82) is 0 Å². The topological polar surface area (TPSA) is 55.3 Å². The van der Waals surface area contributed by atoms with E-state index in [4.69, 9.17) is 4.18 Å². The summed E-state index contributed by atoms with van der Waals surface area (Å²) in [7, 11) is 3.49. The number of carbonyl (C=O) groups excluding carboxylic acids is 1. The zero-order valence-electron chi connectivity index (χ0n) is 14.7. The van der Waals surface area contributed by atoms with Gasteiger partial charge in [-0.3, -0.25) is 8.49 Å². The Morgan fingerprint density at radius 3 is 2.78 bits per heavy atom. The van der Waals surface area contributed by atoms with Crippen molar-refractivity contribution in [2.45, 2.75) is 52.4 Å². The molecular formula is C17H27N3O2S. The molecule has 0 unspecified atom stereocenters. The molecule has 1 heterocycles. The van der Waals surface area contributed by atoms with E-state index in [2.05, 4.69) is 36.0 Å². The van der Waals surface area contributed by atoms with Gasteiger partial charge in [0.15, 0.2) is 0 Å². The molecule has 0 bridgehead atoms. The van der Waals surface area contributed by atoms with Crippen molar-refractivity contribution < 1.29 is 8.98 Å². The molecule has 0 spiro atoms. The van der Waals surface area contributed by atoms with Gasteiger partial charge in [-0.05, 0) is 32.1 Å². The Hall–Kier alpha value is -1.40. The van der Waals surface area contributed by atoms with Crippen LogP contribution in [-0.4, -0.2) is 29.9 Å². The third-order valence-corrected chi connectivity index (χ3v) is 3.83. The first-order chi connectivity index (χ1) is 11.0. The maximum Gasteiger partial charge on any atom is 0.237 e. The zero-order valence-corrected chi connectivity index (χ0v) is 15.5. The zero-order chi connectivity index (χ0) is 17.2. The summed E-state index contributed by atoms with van der Waals surface area (Å²) in [6.07, 6.45) is 9.69. The molecule has 128 valence electrons. The Morgan fingerprint density at radius 1 is 1.43 bits per heavy atom. The maximum atomic E-state index is 10.9. The highest BCUT2D eigenvalue weighted by Gasteiger charge is 2.12. The largest absolute Gasteiger partial charge is 0.300 e. The number of unbranched alkanes of at least 4 members (excludes halogenated alkanes) is 2. The first-order valence-corrected chi connectivity index (χ1v) is 8.63. The van der Waals surface area contributed by atoms with Crippen LogP contribution < -0.4 is 4.31 Å². The quantitative estimate of drug-likeness (QED) is 0.358. The van der Waals surface area contributed by atoms with Crippen molar-refractivity contribution >= 4 is 30.0 Å². The van der Waals surface area contributed by atoms with Crippen LogP contribution in [0.4, 0.5) is 5.95 Å². The van der Waals surface area contributed by atoms with E-state index in [-0.39, 0.29) is 5.78 Å². The Kier molecular flexibility index (Phi) is 8.87. The lowest BCUT2D eigenvalue weighted by molar-refractivity contribution is -0.117. The molecule has 0 saturated carbocycles. The number of nitrogens with zero attached hydrogens (tertiary/aromatic N) is 3. The van der Waals surface area contributed by atoms with Crippen LogP contribution in [0.1, 0.15) is 63.6 Å². The van der Waals surface area contributed by atoms with E-state index in [0.29, 0.717) is 18.3 Å². The van der Waals surface area contributed by atoms with Crippen molar-refractivity contribution in [2.75, 3.05) is 18.5 Å². The van der Waals surface area contributed by atoms with E-state index < -0.39 is 0 Å². The van der Waals surface area contributed by atoms with Crippen LogP contribution in [0.5, 0.6) is 0 Å². The van der Waals surface area contributed by atoms with Crippen molar-refractivity contribution in [2.24, 2.45) is 0 Å². The number of hydrogen-bond acceptors (Lipinski definition) is 6. The number of anilines is 1. The molecule has 1 rings (SSSR count). The van der Waals surface area contributed by atoms with E-state index in [0.717, 1.165) is 30.5 Å². The van der Waals surface area contributed by atoms with Gasteiger partial charge in [0.05, 0.1) is 12.8 Å². The second-order valence-electron chi connectivity index (χ2n) is 5.75. The molecule has 6 heteroatoms. The van der Waals surface area contributed by atoms with Gasteiger partial charge in [-0.2, -0.15) is 0 Å². The second kappa shape index (κ2) is 10.4. The number of carbonyl (C=O) groups is 1. The van der Waals surface area contributed by atoms with E-state index in [9.17, 15) is 4.79 Å². The number of aromatic nitrogens is 2. The fourth-order valence-corrected chi connectivity index (χ4v) is 2.51. The second-order valence-corrected chi connectivity index (χ2v) is 6.78. The van der Waals surface area contributed by atoms with E-state index >= 15 is 0 Å². The predicted molar refractivity (Wildman–Crippen MR) is 97.3 cm³/mol. The van der Waals surface area contributed by atoms with Crippen molar-refractivity contribution in [3.8, 4) is 0 Å². The predicted octanol–water partition coefficient (Wildman–Crippen LogP) is 4.41. The average molecular weight is 337 g/mol. The van der Waals surface area contributed by atoms with Gasteiger partial charge in [0.1, 0.15) is 18.0 Å². The third-order valence-electron chi connectivity index (χ3n) is 3.30. The highest BCUT2D eigenvalue weighted by Crippen LogP contribution is 2.23. The van der Waals surface area contributed by atoms with Gasteiger partial charge in [0, 0.05) is 25.2 Å². The highest BCUT2D eigenvalue weighted by atomic mass is 32.2. The molecule has 0 aliphatic rings. The fraction of sp³-hybridized carbons (Fsp3) is 0.588. The van der Waals surface area contributed by atoms with Gasteiger partial charge >= 0.3 is 0 Å². The molecule has 0 aromatic carbocycles. The van der Waals surface area contributed by atoms with Gasteiger partial charge in [0.2, 0.25) is 5.95 Å². The van der Waals surface area contributed by atoms with Gasteiger partial charge in [-0.1, -0.05) is 26.0 Å². The molecule has 0 radical (unpaired) electrons. The summed E-state index contributed by atoms with van der Waals surface area (Å²) in [5.74, 6) is 1.22. The summed E-state index contributed by atoms with van der Waals surface area (Å²) in [5.41, 5.74) is 2.07. The summed E-state index contributed by atoms with van der Waals surface area (Å²) in [4.78, 5) is 19.9. The average Bonchev–Trinajstić information content (AvgIpc) is 2.50. The van der Waals surface area contributed by atoms with E-state index in [1.54, 1.807) is 18.3 Å². The summed E-state index contributed by atoms with van der Waals surface area (Å²) in [6, 6.07) is 0. The van der Waals surface area contributed by atoms with Crippen molar-refractivity contribution in [3.05, 3.63) is 23.5 Å². The normalized spacial score (nSPS) is 11.4. The minimum atomic E-state index is 0.262. The van der Waals surface area contributed by atoms with Crippen molar-refractivity contribution in [1.82, 2.24) is 9.97 Å². The Bertz CT molecular complexity index is 533. The van der Waals surface area contributed by atoms with Crippen LogP contribution in [0.3, 0.4) is 0 Å². The van der Waals surface area contributed by atoms with Crippen LogP contribution in [0.25, 0.3) is 6.08 Å². The smallest absolute Gasteiger partial charge is 0.237 e. The number of ketones is 1. The summed E-state index contributed by atoms with van der Waals surface area (Å²) in [5, 5.41) is 0. The number of Topliss-reactive ketones (excluding diaryl/α,β-unsaturated/α-hetero) is 1. The minimum absolute atomic E-state index is 0.262. The molecule has 0 N–H and O–H groups in total. The van der Waals surface area contributed by atoms with Crippen molar-refractivity contribution in [3.63, 3.8) is 0 Å². The molecule has 0 aliphatic heterocycles. The van der Waals surface area contributed by atoms with Gasteiger partial charge in [-0.15, -0.1) is 0 Å². The lowest BCUT2D eigenvalue weighted by Crippen LogP contribution is -2.12. The maximum absolute atomic E-state index is 10.9. The summed E-state index contributed by atoms with van der Waals surface area (Å²) in [6.45, 7) is 5.89. The van der Waals surface area contributed by atoms with Gasteiger partial charge in [-0.25, -0.2) is 9.97 Å². The molecule has 1 aromatic rings. The molecule has 23 heavy (non-hydrogen) atoms. The van der Waals surface area contributed by atoms with Gasteiger partial charge in [0.25, 0.3) is 0 Å². The van der Waals surface area contributed by atoms with Crippen LogP contribution in [0.2, 0.25) is 0 Å². The summed E-state index contributed by atoms with van der Waals surface area (Å²) < 4.78 is 6.83. The molecule has 0 aliphatic carbocycles. The monoisotopic (exact) mass is 337 g/mol. The molecular weight excluding hydrogens is 310 g/mol. The Morgan fingerprint density at radius 2 is 2.17 bits per heavy atom. The molecule has 0 fully saturated rings. The Labute approximate surface area is 143 Å². The molecule has 5 nitrogen and oxygen atoms in total. The van der Waals surface area contributed by atoms with Crippen LogP contribution in [-0.2, 0) is 8.98 Å². The first kappa shape index (κ1) is 19.6. The molecule has 0 atom stereocenters. The van der Waals surface area contributed by atoms with Gasteiger partial charge < -0.3 is 4.79 Å². The van der Waals surface area contributed by atoms with E-state index in [1.165, 1.54) is 12.2 Å². The number of rotatable bonds is 10. The lowest BCUT2D eigenvalue weighted by Gasteiger charge is -2.16. The molecule has 0 amide bonds. The van der Waals surface area contributed by atoms with Crippen LogP contribution in [0.15, 0.2) is 12.3 Å². The van der Waals surface area contributed by atoms with E-state index in [1.807, 2.05) is 13.2 Å². The minimum Gasteiger partial charge on any atom is -0.300 e. The highest BCUT2D eigenvalue weighted by molar-refractivity contribution is 7.96. The number of hydrogen-bond donors (Lipinski definition) is 0. The van der Waals surface area contributed by atoms with Crippen LogP contribution >= 0.6 is 12.2 Å². The SMILES string of the molecule is COSN(C)c1ncc(/C=C/CCCCC(C)=O)c(C(C)C)n1. The standard InChI is InChI=1S/C17H27N3O2S/c1-13(2)16-15(11-9-7-6-8-10-14(3)21)12-18-17(19-16)20(4)23-22-5/h9,11-13H,6-8,10H2,1-5H3/b11-9+. The Balaban J connectivity index is 2.72. The fourth-order valence-electron chi connectivity index (χ4n) is 2.13.